The zero-order valence-corrected chi connectivity index (χ0v) is 15.8. The zero-order valence-electron chi connectivity index (χ0n) is 15.8. The smallest absolute Gasteiger partial charge is 0.251 e. The van der Waals surface area contributed by atoms with Gasteiger partial charge in [0.2, 0.25) is 0 Å². The first-order valence-corrected chi connectivity index (χ1v) is 9.18. The van der Waals surface area contributed by atoms with Gasteiger partial charge in [-0.3, -0.25) is 9.78 Å². The van der Waals surface area contributed by atoms with Crippen LogP contribution in [0, 0.1) is 0 Å². The Balaban J connectivity index is 1.97. The van der Waals surface area contributed by atoms with E-state index in [4.69, 9.17) is 9.47 Å². The van der Waals surface area contributed by atoms with E-state index in [0.717, 1.165) is 18.5 Å². The highest BCUT2D eigenvalue weighted by Gasteiger charge is 2.15. The minimum absolute atomic E-state index is 0.170. The number of amides is 1. The molecule has 5 nitrogen and oxygen atoms in total. The fraction of sp³-hybridized carbons (Fsp3) is 0.429. The number of unbranched alkanes of at least 4 members (excludes halogenated alkanes) is 3. The molecule has 0 fully saturated rings. The van der Waals surface area contributed by atoms with Crippen LogP contribution in [0.4, 0.5) is 0 Å². The number of nitrogens with zero attached hydrogens (tertiary/aromatic N) is 1. The Bertz CT molecular complexity index is 689. The maximum atomic E-state index is 12.5. The van der Waals surface area contributed by atoms with E-state index >= 15 is 0 Å². The van der Waals surface area contributed by atoms with Crippen molar-refractivity contribution < 1.29 is 14.3 Å². The highest BCUT2D eigenvalue weighted by atomic mass is 16.5. The van der Waals surface area contributed by atoms with E-state index in [-0.39, 0.29) is 11.9 Å². The molecule has 2 rings (SSSR count). The van der Waals surface area contributed by atoms with Crippen LogP contribution < -0.4 is 14.8 Å². The topological polar surface area (TPSA) is 60.5 Å². The molecular formula is C21H28N2O3. The second-order valence-electron chi connectivity index (χ2n) is 6.22. The zero-order chi connectivity index (χ0) is 18.8. The normalized spacial score (nSPS) is 11.7. The van der Waals surface area contributed by atoms with E-state index in [2.05, 4.69) is 17.2 Å². The Hall–Kier alpha value is -2.56. The number of pyridine rings is 1. The molecule has 26 heavy (non-hydrogen) atoms. The fourth-order valence-electron chi connectivity index (χ4n) is 2.63. The van der Waals surface area contributed by atoms with Crippen molar-refractivity contribution in [1.29, 1.82) is 0 Å². The van der Waals surface area contributed by atoms with Crippen molar-refractivity contribution in [2.45, 2.75) is 45.6 Å². The van der Waals surface area contributed by atoms with E-state index < -0.39 is 0 Å². The summed E-state index contributed by atoms with van der Waals surface area (Å²) < 4.78 is 11.2. The molecule has 0 spiro atoms. The minimum atomic E-state index is -0.177. The molecule has 0 bridgehead atoms. The van der Waals surface area contributed by atoms with E-state index in [1.54, 1.807) is 31.5 Å². The maximum absolute atomic E-state index is 12.5. The molecule has 2 aromatic rings. The lowest BCUT2D eigenvalue weighted by molar-refractivity contribution is 0.0938. The average molecular weight is 356 g/mol. The molecule has 0 saturated carbocycles. The molecular weight excluding hydrogens is 328 g/mol. The van der Waals surface area contributed by atoms with Crippen molar-refractivity contribution in [3.8, 4) is 11.5 Å². The van der Waals surface area contributed by atoms with Crippen LogP contribution in [0.1, 0.15) is 61.6 Å². The summed E-state index contributed by atoms with van der Waals surface area (Å²) in [6, 6.07) is 10.7. The molecule has 0 radical (unpaired) electrons. The summed E-state index contributed by atoms with van der Waals surface area (Å²) in [6.07, 6.45) is 6.30. The molecule has 0 aliphatic carbocycles. The number of aromatic nitrogens is 1. The van der Waals surface area contributed by atoms with Crippen LogP contribution in [-0.4, -0.2) is 24.6 Å². The molecule has 1 unspecified atom stereocenters. The number of hydrogen-bond acceptors (Lipinski definition) is 4. The number of ether oxygens (including phenoxy) is 2. The van der Waals surface area contributed by atoms with Gasteiger partial charge in [0.1, 0.15) is 0 Å². The second kappa shape index (κ2) is 10.4. The SMILES string of the molecule is CCCCCCOc1ccc(C(=O)NC(C)c2ccccn2)cc1OC. The molecule has 0 aliphatic heterocycles. The molecule has 1 amide bonds. The molecule has 1 atom stereocenters. The molecule has 140 valence electrons. The van der Waals surface area contributed by atoms with Gasteiger partial charge in [0.15, 0.2) is 11.5 Å². The summed E-state index contributed by atoms with van der Waals surface area (Å²) in [7, 11) is 1.58. The standard InChI is InChI=1S/C21H28N2O3/c1-4-5-6-9-14-26-19-12-11-17(15-20(19)25-3)21(24)23-16(2)18-10-7-8-13-22-18/h7-8,10-13,15-16H,4-6,9,14H2,1-3H3,(H,23,24). The van der Waals surface area contributed by atoms with Crippen LogP contribution in [0.2, 0.25) is 0 Å². The van der Waals surface area contributed by atoms with Crippen molar-refractivity contribution in [3.05, 3.63) is 53.9 Å². The van der Waals surface area contributed by atoms with Gasteiger partial charge < -0.3 is 14.8 Å². The van der Waals surface area contributed by atoms with Gasteiger partial charge in [0.25, 0.3) is 5.91 Å². The maximum Gasteiger partial charge on any atom is 0.251 e. The number of benzene rings is 1. The number of carbonyl (C=O) groups is 1. The van der Waals surface area contributed by atoms with Crippen molar-refractivity contribution in [3.63, 3.8) is 0 Å². The summed E-state index contributed by atoms with van der Waals surface area (Å²) in [5.41, 5.74) is 1.35. The van der Waals surface area contributed by atoms with Gasteiger partial charge in [-0.1, -0.05) is 32.3 Å². The Morgan fingerprint density at radius 2 is 2.00 bits per heavy atom. The second-order valence-corrected chi connectivity index (χ2v) is 6.22. The summed E-state index contributed by atoms with van der Waals surface area (Å²) in [4.78, 5) is 16.8. The minimum Gasteiger partial charge on any atom is -0.493 e. The fourth-order valence-corrected chi connectivity index (χ4v) is 2.63. The van der Waals surface area contributed by atoms with Gasteiger partial charge >= 0.3 is 0 Å². The van der Waals surface area contributed by atoms with E-state index in [1.165, 1.54) is 12.8 Å². The predicted molar refractivity (Wildman–Crippen MR) is 103 cm³/mol. The lowest BCUT2D eigenvalue weighted by Gasteiger charge is -2.15. The number of nitrogens with one attached hydrogen (secondary N) is 1. The van der Waals surface area contributed by atoms with Gasteiger partial charge in [-0.15, -0.1) is 0 Å². The first-order valence-electron chi connectivity index (χ1n) is 9.18. The third-order valence-corrected chi connectivity index (χ3v) is 4.16. The predicted octanol–water partition coefficient (Wildman–Crippen LogP) is 4.54. The number of hydrogen-bond donors (Lipinski definition) is 1. The molecule has 1 N–H and O–H groups in total. The monoisotopic (exact) mass is 356 g/mol. The highest BCUT2D eigenvalue weighted by Crippen LogP contribution is 2.28. The summed E-state index contributed by atoms with van der Waals surface area (Å²) in [6.45, 7) is 4.74. The first-order chi connectivity index (χ1) is 12.7. The lowest BCUT2D eigenvalue weighted by Crippen LogP contribution is -2.27. The van der Waals surface area contributed by atoms with Crippen molar-refractivity contribution in [2.75, 3.05) is 13.7 Å². The van der Waals surface area contributed by atoms with E-state index in [9.17, 15) is 4.79 Å². The number of rotatable bonds is 10. The van der Waals surface area contributed by atoms with Crippen LogP contribution in [0.5, 0.6) is 11.5 Å². The molecule has 0 saturated heterocycles. The molecule has 5 heteroatoms. The Morgan fingerprint density at radius 1 is 1.15 bits per heavy atom. The molecule has 0 aliphatic rings. The van der Waals surface area contributed by atoms with Crippen molar-refractivity contribution >= 4 is 5.91 Å². The Labute approximate surface area is 155 Å². The molecule has 1 heterocycles. The number of methoxy groups -OCH3 is 1. The van der Waals surface area contributed by atoms with Crippen LogP contribution >= 0.6 is 0 Å². The molecule has 1 aromatic carbocycles. The largest absolute Gasteiger partial charge is 0.493 e. The third-order valence-electron chi connectivity index (χ3n) is 4.16. The Kier molecular flexibility index (Phi) is 7.93. The lowest BCUT2D eigenvalue weighted by atomic mass is 10.1. The third kappa shape index (κ3) is 5.76. The average Bonchev–Trinajstić information content (AvgIpc) is 2.68. The molecule has 1 aromatic heterocycles. The van der Waals surface area contributed by atoms with Crippen molar-refractivity contribution in [2.24, 2.45) is 0 Å². The quantitative estimate of drug-likeness (QED) is 0.635. The summed E-state index contributed by atoms with van der Waals surface area (Å²) in [5.74, 6) is 1.06. The summed E-state index contributed by atoms with van der Waals surface area (Å²) >= 11 is 0. The van der Waals surface area contributed by atoms with Crippen LogP contribution in [0.25, 0.3) is 0 Å². The van der Waals surface area contributed by atoms with Crippen LogP contribution in [-0.2, 0) is 0 Å². The summed E-state index contributed by atoms with van der Waals surface area (Å²) in [5, 5.41) is 2.95. The van der Waals surface area contributed by atoms with Crippen LogP contribution in [0.15, 0.2) is 42.6 Å². The highest BCUT2D eigenvalue weighted by molar-refractivity contribution is 5.95. The van der Waals surface area contributed by atoms with Gasteiger partial charge in [0, 0.05) is 11.8 Å². The van der Waals surface area contributed by atoms with Gasteiger partial charge in [-0.2, -0.15) is 0 Å². The Morgan fingerprint density at radius 3 is 2.69 bits per heavy atom. The van der Waals surface area contributed by atoms with E-state index in [0.29, 0.717) is 23.7 Å². The van der Waals surface area contributed by atoms with Crippen molar-refractivity contribution in [1.82, 2.24) is 10.3 Å². The number of carbonyl (C=O) groups excluding carboxylic acids is 1. The first kappa shape index (κ1) is 19.8. The van der Waals surface area contributed by atoms with Gasteiger partial charge in [-0.25, -0.2) is 0 Å². The van der Waals surface area contributed by atoms with Crippen LogP contribution in [0.3, 0.4) is 0 Å². The van der Waals surface area contributed by atoms with Gasteiger partial charge in [-0.05, 0) is 43.7 Å². The van der Waals surface area contributed by atoms with E-state index in [1.807, 2.05) is 25.1 Å². The van der Waals surface area contributed by atoms with Gasteiger partial charge in [0.05, 0.1) is 25.5 Å².